The third-order valence-electron chi connectivity index (χ3n) is 4.75. The molecule has 0 aromatic carbocycles. The molecule has 0 amide bonds. The van der Waals surface area contributed by atoms with Crippen molar-refractivity contribution in [1.82, 2.24) is 5.32 Å². The zero-order valence-electron chi connectivity index (χ0n) is 11.8. The predicted octanol–water partition coefficient (Wildman–Crippen LogP) is 3.44. The van der Waals surface area contributed by atoms with Crippen molar-refractivity contribution in [2.45, 2.75) is 64.0 Å². The molecule has 1 heterocycles. The van der Waals surface area contributed by atoms with Crippen molar-refractivity contribution in [2.24, 2.45) is 5.92 Å². The Hall–Kier alpha value is -0.380. The van der Waals surface area contributed by atoms with Gasteiger partial charge in [0.15, 0.2) is 0 Å². The van der Waals surface area contributed by atoms with Crippen LogP contribution in [0.5, 0.6) is 0 Å². The van der Waals surface area contributed by atoms with Crippen LogP contribution in [0.25, 0.3) is 0 Å². The van der Waals surface area contributed by atoms with Crippen molar-refractivity contribution in [1.29, 1.82) is 0 Å². The van der Waals surface area contributed by atoms with Crippen LogP contribution in [0.3, 0.4) is 0 Å². The number of aliphatic hydroxyl groups is 1. The van der Waals surface area contributed by atoms with Crippen molar-refractivity contribution in [3.8, 4) is 0 Å². The number of aryl methyl sites for hydroxylation is 2. The third kappa shape index (κ3) is 3.04. The molecular weight excluding hydrogens is 254 g/mol. The molecule has 0 bridgehead atoms. The van der Waals surface area contributed by atoms with Crippen LogP contribution >= 0.6 is 11.3 Å². The summed E-state index contributed by atoms with van der Waals surface area (Å²) in [5.41, 5.74) is 1.60. The molecule has 0 saturated heterocycles. The van der Waals surface area contributed by atoms with Gasteiger partial charge in [0.2, 0.25) is 0 Å². The van der Waals surface area contributed by atoms with Gasteiger partial charge in [-0.3, -0.25) is 0 Å². The van der Waals surface area contributed by atoms with E-state index < -0.39 is 0 Å². The maximum atomic E-state index is 9.87. The molecule has 0 radical (unpaired) electrons. The van der Waals surface area contributed by atoms with Gasteiger partial charge in [-0.2, -0.15) is 0 Å². The molecule has 1 aromatic rings. The Balaban J connectivity index is 1.57. The van der Waals surface area contributed by atoms with E-state index >= 15 is 0 Å². The lowest BCUT2D eigenvalue weighted by molar-refractivity contribution is 0.130. The first kappa shape index (κ1) is 13.6. The standard InChI is InChI=1S/C16H25NOS/c1-11(17-10-13-6-4-7-14(13)18)16-9-12-5-2-3-8-15(12)19-16/h9,11,13-14,17-18H,2-8,10H2,1H3. The largest absolute Gasteiger partial charge is 0.393 e. The Morgan fingerprint density at radius 2 is 2.16 bits per heavy atom. The minimum atomic E-state index is -0.0729. The fourth-order valence-electron chi connectivity index (χ4n) is 3.41. The van der Waals surface area contributed by atoms with E-state index in [4.69, 9.17) is 0 Å². The fourth-order valence-corrected chi connectivity index (χ4v) is 4.70. The predicted molar refractivity (Wildman–Crippen MR) is 80.7 cm³/mol. The average Bonchev–Trinajstić information content (AvgIpc) is 3.01. The van der Waals surface area contributed by atoms with Gasteiger partial charge in [-0.25, -0.2) is 0 Å². The van der Waals surface area contributed by atoms with Crippen LogP contribution in [-0.2, 0) is 12.8 Å². The van der Waals surface area contributed by atoms with E-state index in [0.717, 1.165) is 13.0 Å². The molecule has 0 spiro atoms. The molecule has 1 fully saturated rings. The maximum Gasteiger partial charge on any atom is 0.0580 e. The monoisotopic (exact) mass is 279 g/mol. The molecule has 19 heavy (non-hydrogen) atoms. The second-order valence-electron chi connectivity index (χ2n) is 6.19. The Labute approximate surface area is 120 Å². The minimum Gasteiger partial charge on any atom is -0.393 e. The Morgan fingerprint density at radius 1 is 1.32 bits per heavy atom. The summed E-state index contributed by atoms with van der Waals surface area (Å²) < 4.78 is 0. The van der Waals surface area contributed by atoms with Crippen LogP contribution in [0, 0.1) is 5.92 Å². The van der Waals surface area contributed by atoms with Crippen molar-refractivity contribution < 1.29 is 5.11 Å². The molecule has 2 aliphatic carbocycles. The van der Waals surface area contributed by atoms with Gasteiger partial charge in [-0.1, -0.05) is 6.42 Å². The van der Waals surface area contributed by atoms with Crippen LogP contribution in [0.4, 0.5) is 0 Å². The molecule has 2 N–H and O–H groups in total. The molecule has 106 valence electrons. The molecule has 2 nitrogen and oxygen atoms in total. The second-order valence-corrected chi connectivity index (χ2v) is 7.36. The summed E-state index contributed by atoms with van der Waals surface area (Å²) in [7, 11) is 0. The quantitative estimate of drug-likeness (QED) is 0.885. The SMILES string of the molecule is CC(NCC1CCCC1O)c1cc2c(s1)CCCC2. The second kappa shape index (κ2) is 5.94. The fraction of sp³-hybridized carbons (Fsp3) is 0.750. The number of aliphatic hydroxyl groups excluding tert-OH is 1. The number of hydrogen-bond acceptors (Lipinski definition) is 3. The first-order valence-electron chi connectivity index (χ1n) is 7.77. The highest BCUT2D eigenvalue weighted by atomic mass is 32.1. The van der Waals surface area contributed by atoms with E-state index in [2.05, 4.69) is 18.3 Å². The molecule has 1 saturated carbocycles. The molecule has 3 atom stereocenters. The van der Waals surface area contributed by atoms with Gasteiger partial charge >= 0.3 is 0 Å². The highest BCUT2D eigenvalue weighted by molar-refractivity contribution is 7.12. The van der Waals surface area contributed by atoms with E-state index in [0.29, 0.717) is 12.0 Å². The molecule has 3 rings (SSSR count). The van der Waals surface area contributed by atoms with Gasteiger partial charge in [-0.15, -0.1) is 11.3 Å². The molecule has 3 heteroatoms. The Morgan fingerprint density at radius 3 is 2.89 bits per heavy atom. The number of thiophene rings is 1. The summed E-state index contributed by atoms with van der Waals surface area (Å²) in [6.07, 6.45) is 8.58. The summed E-state index contributed by atoms with van der Waals surface area (Å²) in [5.74, 6) is 0.469. The van der Waals surface area contributed by atoms with E-state index in [1.165, 1.54) is 43.4 Å². The van der Waals surface area contributed by atoms with Crippen molar-refractivity contribution in [2.75, 3.05) is 6.54 Å². The summed E-state index contributed by atoms with van der Waals surface area (Å²) in [4.78, 5) is 3.11. The van der Waals surface area contributed by atoms with Crippen LogP contribution < -0.4 is 5.32 Å². The van der Waals surface area contributed by atoms with Gasteiger partial charge in [0.25, 0.3) is 0 Å². The number of nitrogens with one attached hydrogen (secondary N) is 1. The molecule has 0 aliphatic heterocycles. The molecular formula is C16H25NOS. The Kier molecular flexibility index (Phi) is 4.25. The smallest absolute Gasteiger partial charge is 0.0580 e. The lowest BCUT2D eigenvalue weighted by Crippen LogP contribution is -2.29. The van der Waals surface area contributed by atoms with Gasteiger partial charge in [0, 0.05) is 22.3 Å². The number of rotatable bonds is 4. The summed E-state index contributed by atoms with van der Waals surface area (Å²) in [5, 5.41) is 13.5. The maximum absolute atomic E-state index is 9.87. The van der Waals surface area contributed by atoms with E-state index in [1.54, 1.807) is 10.4 Å². The molecule has 2 aliphatic rings. The van der Waals surface area contributed by atoms with Crippen LogP contribution in [-0.4, -0.2) is 17.8 Å². The summed E-state index contributed by atoms with van der Waals surface area (Å²) >= 11 is 2.00. The molecule has 1 aromatic heterocycles. The highest BCUT2D eigenvalue weighted by Crippen LogP contribution is 2.33. The van der Waals surface area contributed by atoms with E-state index in [9.17, 15) is 5.11 Å². The van der Waals surface area contributed by atoms with Gasteiger partial charge in [0.1, 0.15) is 0 Å². The summed E-state index contributed by atoms with van der Waals surface area (Å²) in [6, 6.07) is 2.85. The third-order valence-corrected chi connectivity index (χ3v) is 6.17. The lowest BCUT2D eigenvalue weighted by atomic mass is 9.99. The zero-order chi connectivity index (χ0) is 13.2. The number of hydrogen-bond donors (Lipinski definition) is 2. The average molecular weight is 279 g/mol. The first-order chi connectivity index (χ1) is 9.24. The van der Waals surface area contributed by atoms with Crippen LogP contribution in [0.2, 0.25) is 0 Å². The normalized spacial score (nSPS) is 28.3. The van der Waals surface area contributed by atoms with E-state index in [-0.39, 0.29) is 6.10 Å². The van der Waals surface area contributed by atoms with Crippen LogP contribution in [0.1, 0.15) is 60.4 Å². The number of fused-ring (bicyclic) bond motifs is 1. The zero-order valence-corrected chi connectivity index (χ0v) is 12.6. The van der Waals surface area contributed by atoms with Crippen molar-refractivity contribution >= 4 is 11.3 Å². The summed E-state index contributed by atoms with van der Waals surface area (Å²) in [6.45, 7) is 3.23. The topological polar surface area (TPSA) is 32.3 Å². The lowest BCUT2D eigenvalue weighted by Gasteiger charge is -2.18. The van der Waals surface area contributed by atoms with Crippen molar-refractivity contribution in [3.05, 3.63) is 21.4 Å². The van der Waals surface area contributed by atoms with Gasteiger partial charge in [-0.05, 0) is 63.0 Å². The van der Waals surface area contributed by atoms with Gasteiger partial charge in [0.05, 0.1) is 6.10 Å². The highest BCUT2D eigenvalue weighted by Gasteiger charge is 2.25. The van der Waals surface area contributed by atoms with Crippen LogP contribution in [0.15, 0.2) is 6.07 Å². The van der Waals surface area contributed by atoms with Crippen molar-refractivity contribution in [3.63, 3.8) is 0 Å². The molecule has 3 unspecified atom stereocenters. The Bertz CT molecular complexity index is 405. The van der Waals surface area contributed by atoms with E-state index in [1.807, 2.05) is 11.3 Å². The minimum absolute atomic E-state index is 0.0729. The first-order valence-corrected chi connectivity index (χ1v) is 8.58. The van der Waals surface area contributed by atoms with Gasteiger partial charge < -0.3 is 10.4 Å².